The Labute approximate surface area is 174 Å². The lowest BCUT2D eigenvalue weighted by molar-refractivity contribution is 0.210. The van der Waals surface area contributed by atoms with E-state index in [0.29, 0.717) is 11.2 Å². The Morgan fingerprint density at radius 1 is 1.07 bits per heavy atom. The zero-order valence-corrected chi connectivity index (χ0v) is 18.0. The number of thiocarbonyl (C=S) groups is 1. The van der Waals surface area contributed by atoms with E-state index in [1.54, 1.807) is 0 Å². The van der Waals surface area contributed by atoms with Crippen molar-refractivity contribution in [2.24, 2.45) is 0 Å². The molecule has 1 saturated carbocycles. The van der Waals surface area contributed by atoms with Gasteiger partial charge in [-0.15, -0.1) is 0 Å². The molecular weight excluding hydrogens is 364 g/mol. The standard InChI is InChI=1S/C24H32N2OS/c1-18(17-24(2,3)19-9-5-4-6-10-19)25-23(28)26-20-13-15-22(16-14-20)27-21-11-7-8-12-21/h4-6,9-10,13-16,18,21H,7-8,11-12,17H2,1-3H3,(H2,25,26,28)/t18-/m1/s1. The smallest absolute Gasteiger partial charge is 0.170 e. The molecule has 1 fully saturated rings. The summed E-state index contributed by atoms with van der Waals surface area (Å²) in [5.41, 5.74) is 2.41. The van der Waals surface area contributed by atoms with Gasteiger partial charge in [0.1, 0.15) is 5.75 Å². The molecular formula is C24H32N2OS. The topological polar surface area (TPSA) is 33.3 Å². The Hall–Kier alpha value is -2.07. The quantitative estimate of drug-likeness (QED) is 0.558. The molecule has 1 atom stereocenters. The van der Waals surface area contributed by atoms with Crippen molar-refractivity contribution >= 4 is 23.0 Å². The van der Waals surface area contributed by atoms with Crippen LogP contribution in [0.3, 0.4) is 0 Å². The first kappa shape index (κ1) is 20.7. The van der Waals surface area contributed by atoms with Crippen LogP contribution < -0.4 is 15.4 Å². The van der Waals surface area contributed by atoms with Crippen molar-refractivity contribution in [1.82, 2.24) is 5.32 Å². The highest BCUT2D eigenvalue weighted by molar-refractivity contribution is 7.80. The number of hydrogen-bond donors (Lipinski definition) is 2. The van der Waals surface area contributed by atoms with E-state index in [0.717, 1.165) is 17.9 Å². The number of rotatable bonds is 7. The normalized spacial score (nSPS) is 15.8. The molecule has 1 aliphatic rings. The molecule has 0 radical (unpaired) electrons. The minimum Gasteiger partial charge on any atom is -0.490 e. The molecule has 0 saturated heterocycles. The summed E-state index contributed by atoms with van der Waals surface area (Å²) in [7, 11) is 0. The molecule has 0 spiro atoms. The van der Waals surface area contributed by atoms with Crippen LogP contribution in [0.15, 0.2) is 54.6 Å². The summed E-state index contributed by atoms with van der Waals surface area (Å²) < 4.78 is 6.02. The monoisotopic (exact) mass is 396 g/mol. The first-order chi connectivity index (χ1) is 13.4. The second kappa shape index (κ2) is 9.42. The van der Waals surface area contributed by atoms with Crippen molar-refractivity contribution in [2.75, 3.05) is 5.32 Å². The summed E-state index contributed by atoms with van der Waals surface area (Å²) in [6.07, 6.45) is 6.28. The fourth-order valence-electron chi connectivity index (χ4n) is 4.03. The van der Waals surface area contributed by atoms with Gasteiger partial charge >= 0.3 is 0 Å². The molecule has 3 nitrogen and oxygen atoms in total. The molecule has 0 heterocycles. The maximum Gasteiger partial charge on any atom is 0.170 e. The third-order valence-corrected chi connectivity index (χ3v) is 5.69. The molecule has 4 heteroatoms. The van der Waals surface area contributed by atoms with Crippen molar-refractivity contribution in [3.05, 3.63) is 60.2 Å². The fourth-order valence-corrected chi connectivity index (χ4v) is 4.35. The average Bonchev–Trinajstić information content (AvgIpc) is 3.16. The Morgan fingerprint density at radius 3 is 2.36 bits per heavy atom. The van der Waals surface area contributed by atoms with Gasteiger partial charge in [0.2, 0.25) is 0 Å². The van der Waals surface area contributed by atoms with Crippen LogP contribution in [0.2, 0.25) is 0 Å². The van der Waals surface area contributed by atoms with Gasteiger partial charge in [0, 0.05) is 11.7 Å². The van der Waals surface area contributed by atoms with Gasteiger partial charge < -0.3 is 15.4 Å². The van der Waals surface area contributed by atoms with Crippen molar-refractivity contribution in [2.45, 2.75) is 70.4 Å². The van der Waals surface area contributed by atoms with E-state index in [-0.39, 0.29) is 11.5 Å². The lowest BCUT2D eigenvalue weighted by Gasteiger charge is -2.29. The van der Waals surface area contributed by atoms with Gasteiger partial charge in [0.25, 0.3) is 0 Å². The molecule has 2 N–H and O–H groups in total. The van der Waals surface area contributed by atoms with Crippen molar-refractivity contribution in [1.29, 1.82) is 0 Å². The van der Waals surface area contributed by atoms with Crippen LogP contribution in [-0.4, -0.2) is 17.3 Å². The Bertz CT molecular complexity index is 752. The third kappa shape index (κ3) is 5.96. The summed E-state index contributed by atoms with van der Waals surface area (Å²) >= 11 is 5.51. The molecule has 0 amide bonds. The van der Waals surface area contributed by atoms with E-state index in [1.807, 2.05) is 24.3 Å². The lowest BCUT2D eigenvalue weighted by atomic mass is 9.79. The number of hydrogen-bond acceptors (Lipinski definition) is 2. The molecule has 1 aliphatic carbocycles. The van der Waals surface area contributed by atoms with Gasteiger partial charge in [-0.3, -0.25) is 0 Å². The summed E-state index contributed by atoms with van der Waals surface area (Å²) in [6, 6.07) is 19.0. The van der Waals surface area contributed by atoms with Crippen LogP contribution in [0.5, 0.6) is 5.75 Å². The van der Waals surface area contributed by atoms with Crippen LogP contribution in [0, 0.1) is 0 Å². The van der Waals surface area contributed by atoms with Gasteiger partial charge in [0.05, 0.1) is 6.10 Å². The zero-order chi connectivity index (χ0) is 20.0. The number of anilines is 1. The number of benzene rings is 2. The molecule has 0 bridgehead atoms. The molecule has 2 aromatic rings. The Balaban J connectivity index is 1.47. The number of nitrogens with one attached hydrogen (secondary N) is 2. The van der Waals surface area contributed by atoms with Gasteiger partial charge in [-0.25, -0.2) is 0 Å². The fraction of sp³-hybridized carbons (Fsp3) is 0.458. The second-order valence-corrected chi connectivity index (χ2v) is 8.91. The largest absolute Gasteiger partial charge is 0.490 e. The Morgan fingerprint density at radius 2 is 1.71 bits per heavy atom. The third-order valence-electron chi connectivity index (χ3n) is 5.47. The van der Waals surface area contributed by atoms with Crippen LogP contribution in [-0.2, 0) is 5.41 Å². The van der Waals surface area contributed by atoms with Crippen LogP contribution in [0.1, 0.15) is 58.4 Å². The van der Waals surface area contributed by atoms with E-state index in [9.17, 15) is 0 Å². The van der Waals surface area contributed by atoms with Gasteiger partial charge in [-0.1, -0.05) is 44.2 Å². The molecule has 0 aromatic heterocycles. The van der Waals surface area contributed by atoms with Crippen molar-refractivity contribution in [3.63, 3.8) is 0 Å². The first-order valence-electron chi connectivity index (χ1n) is 10.3. The lowest BCUT2D eigenvalue weighted by Crippen LogP contribution is -2.39. The SMILES string of the molecule is C[C@H](CC(C)(C)c1ccccc1)NC(=S)Nc1ccc(OC2CCCC2)cc1. The molecule has 2 aromatic carbocycles. The highest BCUT2D eigenvalue weighted by atomic mass is 32.1. The summed E-state index contributed by atoms with van der Waals surface area (Å²) in [4.78, 5) is 0. The maximum absolute atomic E-state index is 6.02. The van der Waals surface area contributed by atoms with E-state index in [1.165, 1.54) is 31.2 Å². The summed E-state index contributed by atoms with van der Waals surface area (Å²) in [6.45, 7) is 6.73. The van der Waals surface area contributed by atoms with Gasteiger partial charge in [-0.2, -0.15) is 0 Å². The van der Waals surface area contributed by atoms with E-state index in [4.69, 9.17) is 17.0 Å². The molecule has 0 unspecified atom stereocenters. The molecule has 3 rings (SSSR count). The number of ether oxygens (including phenoxy) is 1. The molecule has 150 valence electrons. The predicted octanol–water partition coefficient (Wildman–Crippen LogP) is 6.05. The van der Waals surface area contributed by atoms with Crippen molar-refractivity contribution in [3.8, 4) is 5.75 Å². The Kier molecular flexibility index (Phi) is 6.95. The minimum atomic E-state index is 0.0858. The average molecular weight is 397 g/mol. The summed E-state index contributed by atoms with van der Waals surface area (Å²) in [5.74, 6) is 0.939. The zero-order valence-electron chi connectivity index (χ0n) is 17.2. The van der Waals surface area contributed by atoms with E-state index < -0.39 is 0 Å². The molecule has 28 heavy (non-hydrogen) atoms. The maximum atomic E-state index is 6.02. The molecule has 0 aliphatic heterocycles. The van der Waals surface area contributed by atoms with Crippen LogP contribution >= 0.6 is 12.2 Å². The van der Waals surface area contributed by atoms with Crippen molar-refractivity contribution < 1.29 is 4.74 Å². The van der Waals surface area contributed by atoms with E-state index in [2.05, 4.69) is 61.7 Å². The minimum absolute atomic E-state index is 0.0858. The van der Waals surface area contributed by atoms with Crippen LogP contribution in [0.25, 0.3) is 0 Å². The predicted molar refractivity (Wildman–Crippen MR) is 122 cm³/mol. The van der Waals surface area contributed by atoms with Gasteiger partial charge in [-0.05, 0) is 86.5 Å². The second-order valence-electron chi connectivity index (χ2n) is 8.50. The van der Waals surface area contributed by atoms with E-state index >= 15 is 0 Å². The highest BCUT2D eigenvalue weighted by Crippen LogP contribution is 2.28. The highest BCUT2D eigenvalue weighted by Gasteiger charge is 2.23. The van der Waals surface area contributed by atoms with Crippen LogP contribution in [0.4, 0.5) is 5.69 Å². The van der Waals surface area contributed by atoms with Gasteiger partial charge in [0.15, 0.2) is 5.11 Å². The first-order valence-corrected chi connectivity index (χ1v) is 10.7. The summed E-state index contributed by atoms with van der Waals surface area (Å²) in [5, 5.41) is 7.35.